The highest BCUT2D eigenvalue weighted by atomic mass is 32.2. The summed E-state index contributed by atoms with van der Waals surface area (Å²) < 4.78 is 0. The molecule has 1 aliphatic rings. The van der Waals surface area contributed by atoms with Crippen molar-refractivity contribution in [3.63, 3.8) is 0 Å². The molecular formula is C34H29N3O2S. The summed E-state index contributed by atoms with van der Waals surface area (Å²) in [7, 11) is 0. The number of thioether (sulfide) groups is 1. The highest BCUT2D eigenvalue weighted by Gasteiger charge is 2.29. The van der Waals surface area contributed by atoms with E-state index in [9.17, 15) is 9.59 Å². The molecule has 0 aliphatic carbocycles. The number of amides is 2. The summed E-state index contributed by atoms with van der Waals surface area (Å²) in [5, 5.41) is 4.21. The van der Waals surface area contributed by atoms with E-state index in [4.69, 9.17) is 0 Å². The number of rotatable bonds is 7. The number of fused-ring (bicyclic) bond motifs is 2. The third-order valence-electron chi connectivity index (χ3n) is 7.25. The van der Waals surface area contributed by atoms with E-state index in [0.717, 1.165) is 39.2 Å². The van der Waals surface area contributed by atoms with Gasteiger partial charge in [0.1, 0.15) is 0 Å². The van der Waals surface area contributed by atoms with Crippen LogP contribution in [0.5, 0.6) is 0 Å². The van der Waals surface area contributed by atoms with Gasteiger partial charge in [-0.05, 0) is 72.0 Å². The Morgan fingerprint density at radius 2 is 1.65 bits per heavy atom. The lowest BCUT2D eigenvalue weighted by Crippen LogP contribution is -2.33. The smallest absolute Gasteiger partial charge is 0.265 e. The van der Waals surface area contributed by atoms with Crippen LogP contribution in [0.1, 0.15) is 32.6 Å². The Labute approximate surface area is 237 Å². The first-order valence-electron chi connectivity index (χ1n) is 13.3. The molecule has 0 atom stereocenters. The van der Waals surface area contributed by atoms with Gasteiger partial charge in [0.15, 0.2) is 0 Å². The standard InChI is InChI=1S/C34H29N3O2S/c1-23-8-2-3-9-27(23)22-37-30-12-6-7-13-31(30)40-32(34(37)39)20-24-14-16-25(17-15-24)33(38)35-19-18-26-21-36-29-11-5-4-10-28(26)29/h2-17,20-21,36H,18-19,22H2,1H3,(H,35,38)/b32-20+. The van der Waals surface area contributed by atoms with Gasteiger partial charge in [0.2, 0.25) is 0 Å². The Morgan fingerprint density at radius 3 is 2.50 bits per heavy atom. The minimum atomic E-state index is -0.111. The Bertz CT molecular complexity index is 1740. The van der Waals surface area contributed by atoms with Crippen molar-refractivity contribution in [2.24, 2.45) is 0 Å². The summed E-state index contributed by atoms with van der Waals surface area (Å²) in [5.41, 5.74) is 6.97. The number of anilines is 1. The Balaban J connectivity index is 1.15. The molecule has 0 unspecified atom stereocenters. The fourth-order valence-corrected chi connectivity index (χ4v) is 6.07. The van der Waals surface area contributed by atoms with Crippen molar-refractivity contribution in [1.29, 1.82) is 0 Å². The number of aromatic nitrogens is 1. The molecule has 1 aliphatic heterocycles. The quantitative estimate of drug-likeness (QED) is 0.215. The second kappa shape index (κ2) is 11.3. The van der Waals surface area contributed by atoms with Crippen molar-refractivity contribution < 1.29 is 9.59 Å². The van der Waals surface area contributed by atoms with Crippen LogP contribution < -0.4 is 10.2 Å². The molecule has 0 bridgehead atoms. The molecule has 2 heterocycles. The average molecular weight is 544 g/mol. The predicted molar refractivity (Wildman–Crippen MR) is 163 cm³/mol. The molecule has 0 saturated heterocycles. The van der Waals surface area contributed by atoms with Crippen LogP contribution in [0.25, 0.3) is 17.0 Å². The molecule has 0 fully saturated rings. The van der Waals surface area contributed by atoms with E-state index in [0.29, 0.717) is 23.6 Å². The van der Waals surface area contributed by atoms with Gasteiger partial charge in [0, 0.05) is 34.1 Å². The number of aryl methyl sites for hydroxylation is 1. The van der Waals surface area contributed by atoms with Crippen LogP contribution in [0.3, 0.4) is 0 Å². The van der Waals surface area contributed by atoms with Gasteiger partial charge in [-0.1, -0.05) is 78.5 Å². The molecular weight excluding hydrogens is 514 g/mol. The van der Waals surface area contributed by atoms with Crippen molar-refractivity contribution >= 4 is 46.2 Å². The SMILES string of the molecule is Cc1ccccc1CN1C(=O)/C(=C\c2ccc(C(=O)NCCc3c[nH]c4ccccc34)cc2)Sc2ccccc21. The number of carbonyl (C=O) groups is 2. The van der Waals surface area contributed by atoms with Crippen LogP contribution in [0.2, 0.25) is 0 Å². The summed E-state index contributed by atoms with van der Waals surface area (Å²) in [6, 6.07) is 31.7. The van der Waals surface area contributed by atoms with Crippen molar-refractivity contribution in [1.82, 2.24) is 10.3 Å². The number of hydrogen-bond donors (Lipinski definition) is 2. The molecule has 198 valence electrons. The third kappa shape index (κ3) is 5.31. The van der Waals surface area contributed by atoms with Gasteiger partial charge in [-0.3, -0.25) is 9.59 Å². The number of hydrogen-bond acceptors (Lipinski definition) is 3. The molecule has 0 radical (unpaired) electrons. The zero-order valence-corrected chi connectivity index (χ0v) is 23.0. The molecule has 4 aromatic carbocycles. The van der Waals surface area contributed by atoms with Crippen LogP contribution in [0.15, 0.2) is 113 Å². The summed E-state index contributed by atoms with van der Waals surface area (Å²) in [6.07, 6.45) is 4.66. The molecule has 40 heavy (non-hydrogen) atoms. The minimum Gasteiger partial charge on any atom is -0.361 e. The van der Waals surface area contributed by atoms with Crippen LogP contribution in [-0.2, 0) is 17.8 Å². The lowest BCUT2D eigenvalue weighted by molar-refractivity contribution is -0.114. The highest BCUT2D eigenvalue weighted by molar-refractivity contribution is 8.04. The van der Waals surface area contributed by atoms with Gasteiger partial charge in [-0.15, -0.1) is 0 Å². The molecule has 5 nitrogen and oxygen atoms in total. The number of carbonyl (C=O) groups excluding carboxylic acids is 2. The zero-order chi connectivity index (χ0) is 27.5. The van der Waals surface area contributed by atoms with E-state index in [2.05, 4.69) is 41.5 Å². The summed E-state index contributed by atoms with van der Waals surface area (Å²) in [6.45, 7) is 3.13. The molecule has 0 spiro atoms. The second-order valence-corrected chi connectivity index (χ2v) is 11.0. The van der Waals surface area contributed by atoms with Gasteiger partial charge in [0.25, 0.3) is 11.8 Å². The molecule has 1 aromatic heterocycles. The lowest BCUT2D eigenvalue weighted by Gasteiger charge is -2.31. The number of nitrogens with one attached hydrogen (secondary N) is 2. The van der Waals surface area contributed by atoms with Crippen molar-refractivity contribution in [2.75, 3.05) is 11.4 Å². The molecule has 2 N–H and O–H groups in total. The van der Waals surface area contributed by atoms with Gasteiger partial charge < -0.3 is 15.2 Å². The van der Waals surface area contributed by atoms with Gasteiger partial charge in [-0.25, -0.2) is 0 Å². The van der Waals surface area contributed by atoms with Crippen molar-refractivity contribution in [3.8, 4) is 0 Å². The average Bonchev–Trinajstić information content (AvgIpc) is 3.39. The number of H-pyrrole nitrogens is 1. The summed E-state index contributed by atoms with van der Waals surface area (Å²) in [5.74, 6) is -0.133. The zero-order valence-electron chi connectivity index (χ0n) is 22.2. The fourth-order valence-electron chi connectivity index (χ4n) is 5.01. The van der Waals surface area contributed by atoms with Crippen molar-refractivity contribution in [2.45, 2.75) is 24.8 Å². The Morgan fingerprint density at radius 1 is 0.900 bits per heavy atom. The lowest BCUT2D eigenvalue weighted by atomic mass is 10.1. The fraction of sp³-hybridized carbons (Fsp3) is 0.118. The Kier molecular flexibility index (Phi) is 7.25. The summed E-state index contributed by atoms with van der Waals surface area (Å²) in [4.78, 5) is 33.3. The number of para-hydroxylation sites is 2. The maximum absolute atomic E-state index is 13.7. The van der Waals surface area contributed by atoms with Gasteiger partial charge in [-0.2, -0.15) is 0 Å². The first-order chi connectivity index (χ1) is 19.6. The molecule has 2 amide bonds. The highest BCUT2D eigenvalue weighted by Crippen LogP contribution is 2.42. The first kappa shape index (κ1) is 25.7. The van der Waals surface area contributed by atoms with E-state index in [1.807, 2.05) is 90.0 Å². The second-order valence-electron chi connectivity index (χ2n) is 9.88. The number of aromatic amines is 1. The molecule has 6 heteroatoms. The van der Waals surface area contributed by atoms with E-state index >= 15 is 0 Å². The summed E-state index contributed by atoms with van der Waals surface area (Å²) >= 11 is 1.49. The minimum absolute atomic E-state index is 0.0222. The largest absolute Gasteiger partial charge is 0.361 e. The van der Waals surface area contributed by atoms with Crippen LogP contribution in [0.4, 0.5) is 5.69 Å². The third-order valence-corrected chi connectivity index (χ3v) is 8.32. The van der Waals surface area contributed by atoms with Crippen LogP contribution >= 0.6 is 11.8 Å². The first-order valence-corrected chi connectivity index (χ1v) is 14.2. The molecule has 6 rings (SSSR count). The maximum Gasteiger partial charge on any atom is 0.265 e. The molecule has 0 saturated carbocycles. The monoisotopic (exact) mass is 543 g/mol. The Hall–Kier alpha value is -4.55. The predicted octanol–water partition coefficient (Wildman–Crippen LogP) is 7.13. The van der Waals surface area contributed by atoms with Crippen molar-refractivity contribution in [3.05, 3.63) is 136 Å². The molecule has 5 aromatic rings. The van der Waals surface area contributed by atoms with Crippen LogP contribution in [-0.4, -0.2) is 23.3 Å². The topological polar surface area (TPSA) is 65.2 Å². The normalized spacial score (nSPS) is 14.0. The van der Waals surface area contributed by atoms with Crippen LogP contribution in [0, 0.1) is 6.92 Å². The van der Waals surface area contributed by atoms with E-state index in [1.165, 1.54) is 22.7 Å². The van der Waals surface area contributed by atoms with E-state index in [1.54, 1.807) is 0 Å². The number of benzene rings is 4. The number of nitrogens with zero attached hydrogens (tertiary/aromatic N) is 1. The van der Waals surface area contributed by atoms with E-state index in [-0.39, 0.29) is 11.8 Å². The maximum atomic E-state index is 13.7. The van der Waals surface area contributed by atoms with Gasteiger partial charge in [0.05, 0.1) is 17.1 Å². The van der Waals surface area contributed by atoms with Gasteiger partial charge >= 0.3 is 0 Å². The van der Waals surface area contributed by atoms with E-state index < -0.39 is 0 Å².